The lowest BCUT2D eigenvalue weighted by Gasteiger charge is -2.32. The first-order valence-corrected chi connectivity index (χ1v) is 6.09. The van der Waals surface area contributed by atoms with E-state index in [0.29, 0.717) is 6.10 Å². The molecule has 17 heavy (non-hydrogen) atoms. The lowest BCUT2D eigenvalue weighted by atomic mass is 10.1. The SMILES string of the molecule is COC1CCN(c2cc(CO)cc(C)n2)CC1. The van der Waals surface area contributed by atoms with Gasteiger partial charge < -0.3 is 14.7 Å². The van der Waals surface area contributed by atoms with Gasteiger partial charge in [-0.3, -0.25) is 0 Å². The van der Waals surface area contributed by atoms with Crippen LogP contribution in [-0.4, -0.2) is 36.4 Å². The Labute approximate surface area is 102 Å². The fourth-order valence-electron chi connectivity index (χ4n) is 2.29. The molecule has 2 heterocycles. The third-order valence-corrected chi connectivity index (χ3v) is 3.28. The second-order valence-electron chi connectivity index (χ2n) is 4.56. The maximum Gasteiger partial charge on any atom is 0.129 e. The summed E-state index contributed by atoms with van der Waals surface area (Å²) in [4.78, 5) is 6.80. The predicted octanol–water partition coefficient (Wildman–Crippen LogP) is 1.50. The van der Waals surface area contributed by atoms with Gasteiger partial charge >= 0.3 is 0 Å². The number of aryl methyl sites for hydroxylation is 1. The zero-order valence-electron chi connectivity index (χ0n) is 10.5. The largest absolute Gasteiger partial charge is 0.392 e. The maximum atomic E-state index is 9.20. The summed E-state index contributed by atoms with van der Waals surface area (Å²) in [6, 6.07) is 3.89. The van der Waals surface area contributed by atoms with Crippen LogP contribution >= 0.6 is 0 Å². The number of nitrogens with zero attached hydrogens (tertiary/aromatic N) is 2. The van der Waals surface area contributed by atoms with E-state index in [1.54, 1.807) is 7.11 Å². The summed E-state index contributed by atoms with van der Waals surface area (Å²) >= 11 is 0. The van der Waals surface area contributed by atoms with Gasteiger partial charge in [0.25, 0.3) is 0 Å². The number of methoxy groups -OCH3 is 1. The van der Waals surface area contributed by atoms with Gasteiger partial charge in [-0.25, -0.2) is 4.98 Å². The van der Waals surface area contributed by atoms with Gasteiger partial charge in [0.05, 0.1) is 12.7 Å². The molecule has 0 unspecified atom stereocenters. The van der Waals surface area contributed by atoms with Crippen molar-refractivity contribution in [3.8, 4) is 0 Å². The van der Waals surface area contributed by atoms with E-state index in [1.165, 1.54) is 0 Å². The highest BCUT2D eigenvalue weighted by Crippen LogP contribution is 2.21. The molecule has 0 saturated carbocycles. The Morgan fingerprint density at radius 3 is 2.71 bits per heavy atom. The van der Waals surface area contributed by atoms with Crippen LogP contribution in [0.2, 0.25) is 0 Å². The Hall–Kier alpha value is -1.13. The van der Waals surface area contributed by atoms with Crippen LogP contribution in [0.5, 0.6) is 0 Å². The number of aliphatic hydroxyl groups excluding tert-OH is 1. The molecular formula is C13H20N2O2. The van der Waals surface area contributed by atoms with Crippen LogP contribution in [-0.2, 0) is 11.3 Å². The van der Waals surface area contributed by atoms with Crippen molar-refractivity contribution in [1.82, 2.24) is 4.98 Å². The summed E-state index contributed by atoms with van der Waals surface area (Å²) in [6.45, 7) is 3.98. The Morgan fingerprint density at radius 1 is 1.41 bits per heavy atom. The highest BCUT2D eigenvalue weighted by molar-refractivity contribution is 5.43. The van der Waals surface area contributed by atoms with Crippen molar-refractivity contribution in [3.63, 3.8) is 0 Å². The van der Waals surface area contributed by atoms with Crippen molar-refractivity contribution < 1.29 is 9.84 Å². The molecule has 2 rings (SSSR count). The van der Waals surface area contributed by atoms with E-state index in [0.717, 1.165) is 43.0 Å². The molecule has 0 spiro atoms. The minimum atomic E-state index is 0.0743. The van der Waals surface area contributed by atoms with Crippen LogP contribution in [0.1, 0.15) is 24.1 Å². The minimum absolute atomic E-state index is 0.0743. The number of aromatic nitrogens is 1. The van der Waals surface area contributed by atoms with Gasteiger partial charge in [-0.2, -0.15) is 0 Å². The maximum absolute atomic E-state index is 9.20. The standard InChI is InChI=1S/C13H20N2O2/c1-10-7-11(9-16)8-13(14-10)15-5-3-12(17-2)4-6-15/h7-8,12,16H,3-6,9H2,1-2H3. The summed E-state index contributed by atoms with van der Waals surface area (Å²) in [5.41, 5.74) is 1.89. The molecule has 1 N–H and O–H groups in total. The quantitative estimate of drug-likeness (QED) is 0.864. The average Bonchev–Trinajstić information content (AvgIpc) is 2.38. The van der Waals surface area contributed by atoms with Crippen LogP contribution in [0.4, 0.5) is 5.82 Å². The highest BCUT2D eigenvalue weighted by atomic mass is 16.5. The van der Waals surface area contributed by atoms with Gasteiger partial charge in [-0.15, -0.1) is 0 Å². The summed E-state index contributed by atoms with van der Waals surface area (Å²) in [5.74, 6) is 0.976. The van der Waals surface area contributed by atoms with Crippen LogP contribution < -0.4 is 4.90 Å². The smallest absolute Gasteiger partial charge is 0.129 e. The molecule has 1 aliphatic rings. The van der Waals surface area contributed by atoms with E-state index in [9.17, 15) is 5.11 Å². The molecule has 0 amide bonds. The number of piperidine rings is 1. The molecule has 4 nitrogen and oxygen atoms in total. The molecule has 1 aliphatic heterocycles. The first kappa shape index (κ1) is 12.3. The van der Waals surface area contributed by atoms with Crippen molar-refractivity contribution in [1.29, 1.82) is 0 Å². The van der Waals surface area contributed by atoms with E-state index in [2.05, 4.69) is 9.88 Å². The Morgan fingerprint density at radius 2 is 2.12 bits per heavy atom. The number of rotatable bonds is 3. The molecule has 94 valence electrons. The summed E-state index contributed by atoms with van der Waals surface area (Å²) < 4.78 is 5.36. The van der Waals surface area contributed by atoms with Crippen molar-refractivity contribution in [2.75, 3.05) is 25.1 Å². The molecule has 1 aromatic heterocycles. The highest BCUT2D eigenvalue weighted by Gasteiger charge is 2.19. The van der Waals surface area contributed by atoms with Crippen LogP contribution in [0.25, 0.3) is 0 Å². The fourth-order valence-corrected chi connectivity index (χ4v) is 2.29. The molecule has 0 aromatic carbocycles. The van der Waals surface area contributed by atoms with Crippen molar-refractivity contribution in [2.45, 2.75) is 32.5 Å². The second kappa shape index (κ2) is 5.47. The topological polar surface area (TPSA) is 45.6 Å². The van der Waals surface area contributed by atoms with Crippen LogP contribution in [0.15, 0.2) is 12.1 Å². The van der Waals surface area contributed by atoms with E-state index in [-0.39, 0.29) is 6.61 Å². The molecule has 4 heteroatoms. The van der Waals surface area contributed by atoms with Crippen molar-refractivity contribution in [2.24, 2.45) is 0 Å². The van der Waals surface area contributed by atoms with Gasteiger partial charge in [0, 0.05) is 25.9 Å². The fraction of sp³-hybridized carbons (Fsp3) is 0.615. The van der Waals surface area contributed by atoms with Crippen molar-refractivity contribution >= 4 is 5.82 Å². The summed E-state index contributed by atoms with van der Waals surface area (Å²) in [5, 5.41) is 9.20. The number of ether oxygens (including phenoxy) is 1. The first-order chi connectivity index (χ1) is 8.22. The summed E-state index contributed by atoms with van der Waals surface area (Å²) in [7, 11) is 1.77. The van der Waals surface area contributed by atoms with Crippen LogP contribution in [0, 0.1) is 6.92 Å². The Balaban J connectivity index is 2.10. The van der Waals surface area contributed by atoms with Gasteiger partial charge in [-0.1, -0.05) is 0 Å². The number of anilines is 1. The first-order valence-electron chi connectivity index (χ1n) is 6.09. The van der Waals surface area contributed by atoms with E-state index < -0.39 is 0 Å². The molecule has 1 aromatic rings. The predicted molar refractivity (Wildman–Crippen MR) is 67.1 cm³/mol. The van der Waals surface area contributed by atoms with E-state index in [1.807, 2.05) is 19.1 Å². The molecule has 1 saturated heterocycles. The summed E-state index contributed by atoms with van der Waals surface area (Å²) in [6.07, 6.45) is 2.47. The number of aliphatic hydroxyl groups is 1. The Kier molecular flexibility index (Phi) is 3.97. The molecule has 1 fully saturated rings. The third kappa shape index (κ3) is 2.96. The molecule has 0 bridgehead atoms. The zero-order valence-corrected chi connectivity index (χ0v) is 10.5. The Bertz CT molecular complexity index is 374. The van der Waals surface area contributed by atoms with Gasteiger partial charge in [-0.05, 0) is 37.5 Å². The second-order valence-corrected chi connectivity index (χ2v) is 4.56. The van der Waals surface area contributed by atoms with Gasteiger partial charge in [0.15, 0.2) is 0 Å². The normalized spacial score (nSPS) is 17.5. The minimum Gasteiger partial charge on any atom is -0.392 e. The van der Waals surface area contributed by atoms with Crippen molar-refractivity contribution in [3.05, 3.63) is 23.4 Å². The molecular weight excluding hydrogens is 216 g/mol. The average molecular weight is 236 g/mol. The van der Waals surface area contributed by atoms with Gasteiger partial charge in [0.1, 0.15) is 5.82 Å². The van der Waals surface area contributed by atoms with Crippen LogP contribution in [0.3, 0.4) is 0 Å². The number of pyridine rings is 1. The zero-order chi connectivity index (χ0) is 12.3. The lowest BCUT2D eigenvalue weighted by Crippen LogP contribution is -2.37. The molecule has 0 aliphatic carbocycles. The van der Waals surface area contributed by atoms with Gasteiger partial charge in [0.2, 0.25) is 0 Å². The number of hydrogen-bond acceptors (Lipinski definition) is 4. The lowest BCUT2D eigenvalue weighted by molar-refractivity contribution is 0.0818. The van der Waals surface area contributed by atoms with E-state index >= 15 is 0 Å². The third-order valence-electron chi connectivity index (χ3n) is 3.28. The number of hydrogen-bond donors (Lipinski definition) is 1. The molecule has 0 radical (unpaired) electrons. The molecule has 0 atom stereocenters. The monoisotopic (exact) mass is 236 g/mol. The van der Waals surface area contributed by atoms with E-state index in [4.69, 9.17) is 4.74 Å².